The topological polar surface area (TPSA) is 25.8 Å². The van der Waals surface area contributed by atoms with Gasteiger partial charge in [0.2, 0.25) is 0 Å². The molecule has 0 bridgehead atoms. The number of aryl methyl sites for hydroxylation is 1. The van der Waals surface area contributed by atoms with Gasteiger partial charge >= 0.3 is 0 Å². The summed E-state index contributed by atoms with van der Waals surface area (Å²) >= 11 is 15.2. The SMILES string of the molecule is Cc1nc2cc(Cl)c(Cl)cc2nc1CBr. The highest BCUT2D eigenvalue weighted by molar-refractivity contribution is 9.08. The molecule has 0 aliphatic rings. The number of rotatable bonds is 1. The van der Waals surface area contributed by atoms with Crippen molar-refractivity contribution in [3.05, 3.63) is 33.6 Å². The third-order valence-electron chi connectivity index (χ3n) is 2.11. The standard InChI is InChI=1S/C10H7BrCl2N2/c1-5-10(4-11)15-9-3-7(13)6(12)2-8(9)14-5/h2-3H,4H2,1H3. The molecule has 15 heavy (non-hydrogen) atoms. The minimum absolute atomic E-state index is 0.503. The van der Waals surface area contributed by atoms with Crippen LogP contribution in [0.2, 0.25) is 10.0 Å². The summed E-state index contributed by atoms with van der Waals surface area (Å²) in [6.07, 6.45) is 0. The molecule has 2 aromatic rings. The monoisotopic (exact) mass is 304 g/mol. The Bertz CT molecular complexity index is 528. The molecule has 0 unspecified atom stereocenters. The number of nitrogens with zero attached hydrogens (tertiary/aromatic N) is 2. The highest BCUT2D eigenvalue weighted by Gasteiger charge is 2.07. The largest absolute Gasteiger partial charge is 0.249 e. The predicted molar refractivity (Wildman–Crippen MR) is 66.9 cm³/mol. The van der Waals surface area contributed by atoms with Crippen molar-refractivity contribution in [1.82, 2.24) is 9.97 Å². The Hall–Kier alpha value is -0.380. The number of hydrogen-bond acceptors (Lipinski definition) is 2. The average molecular weight is 306 g/mol. The molecule has 0 saturated carbocycles. The summed E-state index contributed by atoms with van der Waals surface area (Å²) in [4.78, 5) is 8.86. The van der Waals surface area contributed by atoms with Crippen LogP contribution in [0.5, 0.6) is 0 Å². The van der Waals surface area contributed by atoms with E-state index in [1.54, 1.807) is 12.1 Å². The molecule has 0 spiro atoms. The van der Waals surface area contributed by atoms with Gasteiger partial charge in [0, 0.05) is 5.33 Å². The number of benzene rings is 1. The highest BCUT2D eigenvalue weighted by Crippen LogP contribution is 2.26. The summed E-state index contributed by atoms with van der Waals surface area (Å²) in [6, 6.07) is 3.47. The van der Waals surface area contributed by atoms with E-state index < -0.39 is 0 Å². The maximum Gasteiger partial charge on any atom is 0.0906 e. The van der Waals surface area contributed by atoms with E-state index in [1.165, 1.54) is 0 Å². The molecule has 5 heteroatoms. The Balaban J connectivity index is 2.76. The van der Waals surface area contributed by atoms with E-state index in [-0.39, 0.29) is 0 Å². The Morgan fingerprint density at radius 3 is 2.20 bits per heavy atom. The first-order valence-corrected chi connectivity index (χ1v) is 6.18. The molecule has 2 rings (SSSR count). The number of halogens is 3. The molecule has 1 aromatic heterocycles. The molecule has 0 amide bonds. The lowest BCUT2D eigenvalue weighted by Gasteiger charge is -2.04. The summed E-state index contributed by atoms with van der Waals surface area (Å²) < 4.78 is 0. The zero-order chi connectivity index (χ0) is 11.0. The van der Waals surface area contributed by atoms with Crippen LogP contribution < -0.4 is 0 Å². The Kier molecular flexibility index (Phi) is 3.14. The average Bonchev–Trinajstić information content (AvgIpc) is 2.20. The Morgan fingerprint density at radius 2 is 1.67 bits per heavy atom. The molecular weight excluding hydrogens is 299 g/mol. The molecule has 78 valence electrons. The van der Waals surface area contributed by atoms with Gasteiger partial charge in [-0.15, -0.1) is 0 Å². The molecule has 0 atom stereocenters. The molecule has 0 aliphatic heterocycles. The van der Waals surface area contributed by atoms with Crippen molar-refractivity contribution in [3.8, 4) is 0 Å². The Labute approximate surface area is 106 Å². The van der Waals surface area contributed by atoms with E-state index >= 15 is 0 Å². The first-order valence-electron chi connectivity index (χ1n) is 4.30. The molecule has 0 saturated heterocycles. The van der Waals surface area contributed by atoms with Crippen molar-refractivity contribution in [2.75, 3.05) is 0 Å². The van der Waals surface area contributed by atoms with Crippen LogP contribution in [0, 0.1) is 6.92 Å². The molecule has 0 fully saturated rings. The molecule has 1 heterocycles. The fraction of sp³-hybridized carbons (Fsp3) is 0.200. The van der Waals surface area contributed by atoms with Gasteiger partial charge in [-0.1, -0.05) is 39.1 Å². The molecule has 0 N–H and O–H groups in total. The van der Waals surface area contributed by atoms with Gasteiger partial charge in [-0.25, -0.2) is 9.97 Å². The summed E-state index contributed by atoms with van der Waals surface area (Å²) in [5.41, 5.74) is 3.36. The zero-order valence-corrected chi connectivity index (χ0v) is 11.0. The minimum Gasteiger partial charge on any atom is -0.249 e. The second-order valence-corrected chi connectivity index (χ2v) is 4.52. The van der Waals surface area contributed by atoms with Gasteiger partial charge in [-0.3, -0.25) is 0 Å². The number of aromatic nitrogens is 2. The van der Waals surface area contributed by atoms with Crippen LogP contribution in [-0.4, -0.2) is 9.97 Å². The fourth-order valence-corrected chi connectivity index (χ4v) is 2.15. The van der Waals surface area contributed by atoms with Crippen molar-refractivity contribution < 1.29 is 0 Å². The molecule has 1 aromatic carbocycles. The van der Waals surface area contributed by atoms with E-state index in [0.29, 0.717) is 15.4 Å². The molecule has 0 aliphatic carbocycles. The van der Waals surface area contributed by atoms with Crippen LogP contribution in [0.15, 0.2) is 12.1 Å². The van der Waals surface area contributed by atoms with Crippen molar-refractivity contribution in [1.29, 1.82) is 0 Å². The number of fused-ring (bicyclic) bond motifs is 1. The Morgan fingerprint density at radius 1 is 1.13 bits per heavy atom. The van der Waals surface area contributed by atoms with Crippen LogP contribution in [0.4, 0.5) is 0 Å². The van der Waals surface area contributed by atoms with E-state index in [0.717, 1.165) is 22.4 Å². The molecule has 2 nitrogen and oxygen atoms in total. The maximum atomic E-state index is 5.91. The number of hydrogen-bond donors (Lipinski definition) is 0. The highest BCUT2D eigenvalue weighted by atomic mass is 79.9. The van der Waals surface area contributed by atoms with Crippen LogP contribution in [0.25, 0.3) is 11.0 Å². The van der Waals surface area contributed by atoms with Gasteiger partial charge in [0.25, 0.3) is 0 Å². The van der Waals surface area contributed by atoms with E-state index in [9.17, 15) is 0 Å². The van der Waals surface area contributed by atoms with E-state index in [2.05, 4.69) is 25.9 Å². The van der Waals surface area contributed by atoms with Gasteiger partial charge in [0.15, 0.2) is 0 Å². The smallest absolute Gasteiger partial charge is 0.0906 e. The van der Waals surface area contributed by atoms with Crippen molar-refractivity contribution in [3.63, 3.8) is 0 Å². The second kappa shape index (κ2) is 4.24. The maximum absolute atomic E-state index is 5.91. The minimum atomic E-state index is 0.503. The molecular formula is C10H7BrCl2N2. The first-order chi connectivity index (χ1) is 7.11. The first kappa shape index (κ1) is 11.1. The second-order valence-electron chi connectivity index (χ2n) is 3.14. The van der Waals surface area contributed by atoms with Gasteiger partial charge in [0.1, 0.15) is 0 Å². The lowest BCUT2D eigenvalue weighted by molar-refractivity contribution is 1.09. The van der Waals surface area contributed by atoms with Gasteiger partial charge in [-0.2, -0.15) is 0 Å². The van der Waals surface area contributed by atoms with Gasteiger partial charge in [0.05, 0.1) is 32.5 Å². The molecule has 0 radical (unpaired) electrons. The predicted octanol–water partition coefficient (Wildman–Crippen LogP) is 4.14. The summed E-state index contributed by atoms with van der Waals surface area (Å²) in [5, 5.41) is 1.69. The fourth-order valence-electron chi connectivity index (χ4n) is 1.30. The van der Waals surface area contributed by atoms with Crippen LogP contribution in [-0.2, 0) is 5.33 Å². The van der Waals surface area contributed by atoms with Crippen molar-refractivity contribution in [2.24, 2.45) is 0 Å². The van der Waals surface area contributed by atoms with Crippen LogP contribution >= 0.6 is 39.1 Å². The summed E-state index contributed by atoms with van der Waals surface area (Å²) in [6.45, 7) is 1.92. The summed E-state index contributed by atoms with van der Waals surface area (Å²) in [5.74, 6) is 0. The van der Waals surface area contributed by atoms with Gasteiger partial charge < -0.3 is 0 Å². The lowest BCUT2D eigenvalue weighted by Crippen LogP contribution is -1.95. The van der Waals surface area contributed by atoms with Crippen LogP contribution in [0.1, 0.15) is 11.4 Å². The third-order valence-corrected chi connectivity index (χ3v) is 3.36. The van der Waals surface area contributed by atoms with Gasteiger partial charge in [-0.05, 0) is 19.1 Å². The normalized spacial score (nSPS) is 10.9. The third kappa shape index (κ3) is 2.10. The summed E-state index contributed by atoms with van der Waals surface area (Å²) in [7, 11) is 0. The van der Waals surface area contributed by atoms with E-state index in [4.69, 9.17) is 23.2 Å². The quantitative estimate of drug-likeness (QED) is 0.740. The van der Waals surface area contributed by atoms with Crippen LogP contribution in [0.3, 0.4) is 0 Å². The zero-order valence-electron chi connectivity index (χ0n) is 7.89. The van der Waals surface area contributed by atoms with E-state index in [1.807, 2.05) is 6.92 Å². The number of alkyl halides is 1. The van der Waals surface area contributed by atoms with Crippen molar-refractivity contribution >= 4 is 50.2 Å². The lowest BCUT2D eigenvalue weighted by atomic mass is 10.2. The van der Waals surface area contributed by atoms with Crippen molar-refractivity contribution in [2.45, 2.75) is 12.3 Å².